The van der Waals surface area contributed by atoms with Crippen molar-refractivity contribution in [3.63, 3.8) is 0 Å². The van der Waals surface area contributed by atoms with Crippen molar-refractivity contribution in [2.75, 3.05) is 0 Å². The Morgan fingerprint density at radius 3 is 1.83 bits per heavy atom. The Labute approximate surface area is 99.7 Å². The van der Waals surface area contributed by atoms with E-state index in [-0.39, 0.29) is 0 Å². The minimum Gasteiger partial charge on any atom is -0.302 e. The molecule has 0 saturated carbocycles. The van der Waals surface area contributed by atoms with Crippen molar-refractivity contribution in [2.45, 2.75) is 50.5 Å². The van der Waals surface area contributed by atoms with Gasteiger partial charge in [-0.2, -0.15) is 22.0 Å². The van der Waals surface area contributed by atoms with Crippen LogP contribution in [0.15, 0.2) is 0 Å². The smallest absolute Gasteiger partial charge is 0.302 e. The first-order valence-corrected chi connectivity index (χ1v) is 6.30. The fraction of sp³-hybridized carbons (Fsp3) is 1.00. The van der Waals surface area contributed by atoms with Crippen molar-refractivity contribution in [3.8, 4) is 0 Å². The van der Waals surface area contributed by atoms with Crippen molar-refractivity contribution in [1.82, 2.24) is 0 Å². The molecule has 0 amide bonds. The van der Waals surface area contributed by atoms with Gasteiger partial charge in [0, 0.05) is 0 Å². The lowest BCUT2D eigenvalue weighted by Crippen LogP contribution is -2.52. The maximum atomic E-state index is 13.0. The molecule has 1 aliphatic rings. The largest absolute Gasteiger partial charge is 0.473 e. The van der Waals surface area contributed by atoms with Gasteiger partial charge >= 0.3 is 19.9 Å². The summed E-state index contributed by atoms with van der Waals surface area (Å²) in [5.74, 6) is -5.05. The molecular weight excluding hydrogens is 286 g/mol. The monoisotopic (exact) mass is 298 g/mol. The van der Waals surface area contributed by atoms with E-state index >= 15 is 0 Å². The Morgan fingerprint density at radius 2 is 1.56 bits per heavy atom. The second kappa shape index (κ2) is 3.88. The van der Waals surface area contributed by atoms with Crippen LogP contribution in [0.1, 0.15) is 27.2 Å². The highest BCUT2D eigenvalue weighted by Crippen LogP contribution is 2.64. The Morgan fingerprint density at radius 1 is 1.11 bits per heavy atom. The zero-order valence-electron chi connectivity index (χ0n) is 9.72. The standard InChI is InChI=1S/C8H12F5O4P/c1-5(2)6(3,17-18(14,15)16-5)4-7(9,10)8(11,12)13/h4H2,1-3H3,(H,14,15). The van der Waals surface area contributed by atoms with Crippen LogP contribution in [0, 0.1) is 0 Å². The van der Waals surface area contributed by atoms with E-state index in [0.717, 1.165) is 20.8 Å². The lowest BCUT2D eigenvalue weighted by molar-refractivity contribution is -0.297. The molecule has 0 aromatic carbocycles. The lowest BCUT2D eigenvalue weighted by Gasteiger charge is -2.36. The van der Waals surface area contributed by atoms with Gasteiger partial charge < -0.3 is 4.89 Å². The van der Waals surface area contributed by atoms with Crippen molar-refractivity contribution in [1.29, 1.82) is 0 Å². The molecule has 2 atom stereocenters. The zero-order valence-corrected chi connectivity index (χ0v) is 10.6. The summed E-state index contributed by atoms with van der Waals surface area (Å²) in [4.78, 5) is 9.05. The van der Waals surface area contributed by atoms with E-state index in [2.05, 4.69) is 9.05 Å². The van der Waals surface area contributed by atoms with Crippen LogP contribution in [0.4, 0.5) is 22.0 Å². The van der Waals surface area contributed by atoms with Crippen LogP contribution in [0.5, 0.6) is 0 Å². The molecule has 108 valence electrons. The maximum Gasteiger partial charge on any atom is 0.473 e. The van der Waals surface area contributed by atoms with Gasteiger partial charge in [0.2, 0.25) is 0 Å². The molecule has 1 N–H and O–H groups in total. The average Bonchev–Trinajstić information content (AvgIpc) is 2.09. The topological polar surface area (TPSA) is 55.8 Å². The number of phosphoric acid groups is 1. The van der Waals surface area contributed by atoms with E-state index < -0.39 is 37.5 Å². The Bertz CT molecular complexity index is 393. The molecule has 2 unspecified atom stereocenters. The van der Waals surface area contributed by atoms with Gasteiger partial charge in [-0.3, -0.25) is 9.05 Å². The predicted molar refractivity (Wildman–Crippen MR) is 50.1 cm³/mol. The number of halogens is 5. The highest BCUT2D eigenvalue weighted by molar-refractivity contribution is 7.47. The number of alkyl halides is 5. The van der Waals surface area contributed by atoms with Crippen molar-refractivity contribution < 1.29 is 40.5 Å². The van der Waals surface area contributed by atoms with E-state index in [1.165, 1.54) is 0 Å². The molecule has 0 spiro atoms. The third kappa shape index (κ3) is 2.68. The highest BCUT2D eigenvalue weighted by atomic mass is 31.2. The molecule has 4 nitrogen and oxygen atoms in total. The molecule has 1 saturated heterocycles. The van der Waals surface area contributed by atoms with Crippen LogP contribution < -0.4 is 0 Å². The second-order valence-electron chi connectivity index (χ2n) is 4.77. The van der Waals surface area contributed by atoms with Gasteiger partial charge in [0.15, 0.2) is 0 Å². The quantitative estimate of drug-likeness (QED) is 0.628. The molecule has 0 bridgehead atoms. The first-order chi connectivity index (χ1) is 7.62. The van der Waals surface area contributed by atoms with Crippen molar-refractivity contribution in [3.05, 3.63) is 0 Å². The molecule has 0 radical (unpaired) electrons. The Hall–Kier alpha value is -0.240. The molecule has 1 rings (SSSR count). The van der Waals surface area contributed by atoms with Gasteiger partial charge in [-0.1, -0.05) is 0 Å². The van der Waals surface area contributed by atoms with E-state index in [9.17, 15) is 26.5 Å². The van der Waals surface area contributed by atoms with Gasteiger partial charge in [-0.15, -0.1) is 0 Å². The summed E-state index contributed by atoms with van der Waals surface area (Å²) in [5, 5.41) is 0. The Balaban J connectivity index is 3.07. The molecule has 0 aromatic heterocycles. The van der Waals surface area contributed by atoms with Gasteiger partial charge in [0.25, 0.3) is 0 Å². The lowest BCUT2D eigenvalue weighted by atomic mass is 9.82. The molecule has 1 aliphatic heterocycles. The predicted octanol–water partition coefficient (Wildman–Crippen LogP) is 3.26. The first kappa shape index (κ1) is 15.8. The number of hydrogen-bond donors (Lipinski definition) is 1. The number of phosphoric ester groups is 1. The van der Waals surface area contributed by atoms with Crippen LogP contribution in [0.2, 0.25) is 0 Å². The van der Waals surface area contributed by atoms with Crippen LogP contribution in [0.25, 0.3) is 0 Å². The molecule has 18 heavy (non-hydrogen) atoms. The third-order valence-electron chi connectivity index (χ3n) is 2.91. The van der Waals surface area contributed by atoms with Crippen molar-refractivity contribution >= 4 is 7.82 Å². The van der Waals surface area contributed by atoms with E-state index in [0.29, 0.717) is 0 Å². The van der Waals surface area contributed by atoms with Crippen LogP contribution in [-0.4, -0.2) is 28.2 Å². The van der Waals surface area contributed by atoms with Crippen LogP contribution in [-0.2, 0) is 13.6 Å². The van der Waals surface area contributed by atoms with Gasteiger partial charge in [-0.25, -0.2) is 4.57 Å². The SMILES string of the molecule is CC1(C)OP(=O)(O)OC1(C)CC(F)(F)C(F)(F)F. The summed E-state index contributed by atoms with van der Waals surface area (Å²) >= 11 is 0. The fourth-order valence-corrected chi connectivity index (χ4v) is 3.14. The van der Waals surface area contributed by atoms with Gasteiger partial charge in [-0.05, 0) is 20.8 Å². The van der Waals surface area contributed by atoms with Crippen LogP contribution in [0.3, 0.4) is 0 Å². The average molecular weight is 298 g/mol. The van der Waals surface area contributed by atoms with E-state index in [1.54, 1.807) is 0 Å². The summed E-state index contributed by atoms with van der Waals surface area (Å²) in [5.41, 5.74) is -4.00. The highest BCUT2D eigenvalue weighted by Gasteiger charge is 2.67. The zero-order chi connectivity index (χ0) is 14.6. The molecule has 0 aliphatic carbocycles. The van der Waals surface area contributed by atoms with E-state index in [4.69, 9.17) is 4.89 Å². The van der Waals surface area contributed by atoms with E-state index in [1.807, 2.05) is 0 Å². The third-order valence-corrected chi connectivity index (χ3v) is 4.23. The summed E-state index contributed by atoms with van der Waals surface area (Å²) in [6.07, 6.45) is -7.57. The minimum atomic E-state index is -5.77. The Kier molecular flexibility index (Phi) is 3.41. The van der Waals surface area contributed by atoms with Gasteiger partial charge in [0.05, 0.1) is 6.42 Å². The summed E-state index contributed by atoms with van der Waals surface area (Å²) in [6.45, 7) is 3.09. The molecule has 0 aromatic rings. The van der Waals surface area contributed by atoms with Crippen LogP contribution >= 0.6 is 7.82 Å². The second-order valence-corrected chi connectivity index (χ2v) is 6.07. The fourth-order valence-electron chi connectivity index (χ4n) is 1.54. The molecule has 1 heterocycles. The minimum absolute atomic E-state index is 0.878. The molecular formula is C8H12F5O4P. The maximum absolute atomic E-state index is 13.0. The van der Waals surface area contributed by atoms with Gasteiger partial charge in [0.1, 0.15) is 11.2 Å². The summed E-state index contributed by atoms with van der Waals surface area (Å²) in [7, 11) is -4.63. The summed E-state index contributed by atoms with van der Waals surface area (Å²) < 4.78 is 82.4. The summed E-state index contributed by atoms with van der Waals surface area (Å²) in [6, 6.07) is 0. The number of hydrogen-bond acceptors (Lipinski definition) is 3. The molecule has 1 fully saturated rings. The number of rotatable bonds is 2. The molecule has 10 heteroatoms. The first-order valence-electron chi connectivity index (χ1n) is 4.81. The van der Waals surface area contributed by atoms with Crippen molar-refractivity contribution in [2.24, 2.45) is 0 Å². The normalized spacial score (nSPS) is 36.9.